The molecule has 0 aromatic carbocycles. The van der Waals surface area contributed by atoms with Gasteiger partial charge in [-0.1, -0.05) is 19.8 Å². The highest BCUT2D eigenvalue weighted by molar-refractivity contribution is 7.10. The largest absolute Gasteiger partial charge is 0.307 e. The number of thiophene rings is 1. The Hall–Kier alpha value is -0.340. The third-order valence-corrected chi connectivity index (χ3v) is 4.49. The molecule has 1 aliphatic heterocycles. The van der Waals surface area contributed by atoms with E-state index in [2.05, 4.69) is 30.6 Å². The van der Waals surface area contributed by atoms with Crippen molar-refractivity contribution in [2.24, 2.45) is 0 Å². The van der Waals surface area contributed by atoms with Crippen molar-refractivity contribution in [3.05, 3.63) is 21.9 Å². The van der Waals surface area contributed by atoms with Crippen molar-refractivity contribution in [2.75, 3.05) is 6.54 Å². The fraction of sp³-hybridized carbons (Fsp3) is 0.692. The van der Waals surface area contributed by atoms with Crippen LogP contribution < -0.4 is 5.32 Å². The zero-order valence-electron chi connectivity index (χ0n) is 9.81. The van der Waals surface area contributed by atoms with Crippen LogP contribution in [0.15, 0.2) is 11.4 Å². The molecule has 0 radical (unpaired) electrons. The van der Waals surface area contributed by atoms with Gasteiger partial charge in [-0.05, 0) is 49.7 Å². The van der Waals surface area contributed by atoms with Gasteiger partial charge in [0.1, 0.15) is 0 Å². The first-order valence-electron chi connectivity index (χ1n) is 6.07. The average molecular weight is 223 g/mol. The fourth-order valence-corrected chi connectivity index (χ4v) is 3.39. The van der Waals surface area contributed by atoms with E-state index in [1.807, 2.05) is 11.3 Å². The number of rotatable bonds is 2. The predicted octanol–water partition coefficient (Wildman–Crippen LogP) is 3.83. The molecule has 1 unspecified atom stereocenters. The molecule has 0 spiro atoms. The van der Waals surface area contributed by atoms with E-state index in [1.54, 1.807) is 0 Å². The van der Waals surface area contributed by atoms with Crippen LogP contribution in [0.5, 0.6) is 0 Å². The predicted molar refractivity (Wildman–Crippen MR) is 67.5 cm³/mol. The van der Waals surface area contributed by atoms with Crippen LogP contribution in [0, 0.1) is 6.92 Å². The minimum atomic E-state index is 0.279. The second kappa shape index (κ2) is 4.67. The highest BCUT2D eigenvalue weighted by Gasteiger charge is 2.31. The highest BCUT2D eigenvalue weighted by atomic mass is 32.1. The Labute approximate surface area is 96.9 Å². The Kier molecular flexibility index (Phi) is 3.47. The lowest BCUT2D eigenvalue weighted by molar-refractivity contribution is 0.313. The van der Waals surface area contributed by atoms with Crippen molar-refractivity contribution in [3.8, 4) is 0 Å². The van der Waals surface area contributed by atoms with Crippen LogP contribution in [-0.4, -0.2) is 6.54 Å². The van der Waals surface area contributed by atoms with Crippen LogP contribution in [0.3, 0.4) is 0 Å². The summed E-state index contributed by atoms with van der Waals surface area (Å²) in [5, 5.41) is 6.13. The topological polar surface area (TPSA) is 12.0 Å². The van der Waals surface area contributed by atoms with Gasteiger partial charge in [-0.25, -0.2) is 0 Å². The quantitative estimate of drug-likeness (QED) is 0.803. The van der Waals surface area contributed by atoms with Crippen molar-refractivity contribution >= 4 is 11.3 Å². The summed E-state index contributed by atoms with van der Waals surface area (Å²) in [6.45, 7) is 5.70. The number of aryl methyl sites for hydroxylation is 1. The summed E-state index contributed by atoms with van der Waals surface area (Å²) in [5.74, 6) is 0. The lowest BCUT2D eigenvalue weighted by Crippen LogP contribution is -2.40. The Morgan fingerprint density at radius 3 is 2.93 bits per heavy atom. The smallest absolute Gasteiger partial charge is 0.0440 e. The molecule has 1 N–H and O–H groups in total. The molecule has 0 saturated carbocycles. The minimum Gasteiger partial charge on any atom is -0.307 e. The van der Waals surface area contributed by atoms with Gasteiger partial charge < -0.3 is 5.32 Å². The van der Waals surface area contributed by atoms with Crippen LogP contribution in [-0.2, 0) is 5.54 Å². The van der Waals surface area contributed by atoms with Gasteiger partial charge in [0, 0.05) is 10.4 Å². The van der Waals surface area contributed by atoms with Gasteiger partial charge in [-0.15, -0.1) is 11.3 Å². The van der Waals surface area contributed by atoms with E-state index < -0.39 is 0 Å². The Balaban J connectivity index is 2.26. The molecule has 0 aliphatic carbocycles. The van der Waals surface area contributed by atoms with Gasteiger partial charge in [0.25, 0.3) is 0 Å². The molecule has 2 heteroatoms. The van der Waals surface area contributed by atoms with Crippen molar-refractivity contribution in [1.82, 2.24) is 5.32 Å². The maximum atomic E-state index is 3.78. The molecule has 1 atom stereocenters. The highest BCUT2D eigenvalue weighted by Crippen LogP contribution is 2.35. The molecular formula is C13H21NS. The summed E-state index contributed by atoms with van der Waals surface area (Å²) in [7, 11) is 0. The second-order valence-electron chi connectivity index (χ2n) is 4.62. The van der Waals surface area contributed by atoms with Gasteiger partial charge in [0.2, 0.25) is 0 Å². The number of hydrogen-bond acceptors (Lipinski definition) is 2. The molecule has 1 aromatic rings. The number of nitrogens with one attached hydrogen (secondary N) is 1. The molecule has 1 fully saturated rings. The van der Waals surface area contributed by atoms with Crippen LogP contribution in [0.1, 0.15) is 49.5 Å². The molecule has 1 nitrogen and oxygen atoms in total. The molecule has 0 amide bonds. The van der Waals surface area contributed by atoms with Crippen molar-refractivity contribution in [2.45, 2.75) is 51.5 Å². The fourth-order valence-electron chi connectivity index (χ4n) is 2.59. The van der Waals surface area contributed by atoms with E-state index in [4.69, 9.17) is 0 Å². The molecule has 2 rings (SSSR count). The summed E-state index contributed by atoms with van der Waals surface area (Å²) in [4.78, 5) is 1.43. The van der Waals surface area contributed by atoms with E-state index in [1.165, 1.54) is 49.1 Å². The van der Waals surface area contributed by atoms with Gasteiger partial charge in [0.05, 0.1) is 0 Å². The first kappa shape index (κ1) is 11.2. The van der Waals surface area contributed by atoms with Crippen molar-refractivity contribution in [1.29, 1.82) is 0 Å². The van der Waals surface area contributed by atoms with E-state index in [0.29, 0.717) is 0 Å². The lowest BCUT2D eigenvalue weighted by atomic mass is 9.85. The Morgan fingerprint density at radius 1 is 1.40 bits per heavy atom. The van der Waals surface area contributed by atoms with Crippen LogP contribution >= 0.6 is 11.3 Å². The minimum absolute atomic E-state index is 0.279. The molecular weight excluding hydrogens is 202 g/mol. The SMILES string of the molecule is CCC1(c2csc(C)c2)CCCCCN1. The number of hydrogen-bond donors (Lipinski definition) is 1. The molecule has 1 aromatic heterocycles. The lowest BCUT2D eigenvalue weighted by Gasteiger charge is -2.32. The van der Waals surface area contributed by atoms with Crippen molar-refractivity contribution in [3.63, 3.8) is 0 Å². The molecule has 1 saturated heterocycles. The first-order valence-corrected chi connectivity index (χ1v) is 6.95. The van der Waals surface area contributed by atoms with Crippen LogP contribution in [0.25, 0.3) is 0 Å². The van der Waals surface area contributed by atoms with Crippen LogP contribution in [0.4, 0.5) is 0 Å². The Morgan fingerprint density at radius 2 is 2.27 bits per heavy atom. The van der Waals surface area contributed by atoms with Crippen LogP contribution in [0.2, 0.25) is 0 Å². The normalized spacial score (nSPS) is 27.6. The average Bonchev–Trinajstić information content (AvgIpc) is 2.56. The maximum absolute atomic E-state index is 3.78. The third kappa shape index (κ3) is 2.26. The molecule has 0 bridgehead atoms. The van der Waals surface area contributed by atoms with E-state index >= 15 is 0 Å². The molecule has 84 valence electrons. The zero-order valence-corrected chi connectivity index (χ0v) is 10.6. The summed E-state index contributed by atoms with van der Waals surface area (Å²) >= 11 is 1.88. The molecule has 1 aliphatic rings. The van der Waals surface area contributed by atoms with Gasteiger partial charge in [-0.3, -0.25) is 0 Å². The van der Waals surface area contributed by atoms with Gasteiger partial charge >= 0.3 is 0 Å². The van der Waals surface area contributed by atoms with E-state index in [9.17, 15) is 0 Å². The Bertz CT molecular complexity index is 308. The summed E-state index contributed by atoms with van der Waals surface area (Å²) < 4.78 is 0. The van der Waals surface area contributed by atoms with Gasteiger partial charge in [0.15, 0.2) is 0 Å². The van der Waals surface area contributed by atoms with Gasteiger partial charge in [-0.2, -0.15) is 0 Å². The van der Waals surface area contributed by atoms with E-state index in [-0.39, 0.29) is 5.54 Å². The zero-order chi connectivity index (χ0) is 10.7. The molecule has 2 heterocycles. The standard InChI is InChI=1S/C13H21NS/c1-3-13(7-5-4-6-8-14-13)12-9-11(2)15-10-12/h9-10,14H,3-8H2,1-2H3. The van der Waals surface area contributed by atoms with Crippen molar-refractivity contribution < 1.29 is 0 Å². The maximum Gasteiger partial charge on any atom is 0.0440 e. The summed E-state index contributed by atoms with van der Waals surface area (Å²) in [6, 6.07) is 2.37. The molecule has 15 heavy (non-hydrogen) atoms. The van der Waals surface area contributed by atoms with E-state index in [0.717, 1.165) is 0 Å². The second-order valence-corrected chi connectivity index (χ2v) is 5.73. The third-order valence-electron chi connectivity index (χ3n) is 3.63. The monoisotopic (exact) mass is 223 g/mol. The summed E-state index contributed by atoms with van der Waals surface area (Å²) in [6.07, 6.45) is 6.61. The summed E-state index contributed by atoms with van der Waals surface area (Å²) in [5.41, 5.74) is 1.80. The first-order chi connectivity index (χ1) is 7.27.